The number of nitrogens with zero attached hydrogens (tertiary/aromatic N) is 1. The number of carbonyl (C=O) groups excluding carboxylic acids is 1. The highest BCUT2D eigenvalue weighted by atomic mass is 32.2. The standard InChI is InChI=1S/C18H16N2OS/c1-12-2-7-16(8-3-12)22-17-9-6-15(10-14(17)11-19)20-18(21)13-4-5-13/h2-3,6-10,13H,4-5H2,1H3,(H,20,21). The molecular formula is C18H16N2OS. The van der Waals surface area contributed by atoms with Crippen molar-refractivity contribution in [3.63, 3.8) is 0 Å². The van der Waals surface area contributed by atoms with Gasteiger partial charge in [-0.1, -0.05) is 29.5 Å². The molecule has 3 nitrogen and oxygen atoms in total. The Balaban J connectivity index is 1.78. The number of carbonyl (C=O) groups is 1. The van der Waals surface area contributed by atoms with Crippen LogP contribution in [0.25, 0.3) is 0 Å². The van der Waals surface area contributed by atoms with E-state index in [1.807, 2.05) is 31.2 Å². The lowest BCUT2D eigenvalue weighted by Crippen LogP contribution is -2.13. The number of hydrogen-bond donors (Lipinski definition) is 1. The highest BCUT2D eigenvalue weighted by molar-refractivity contribution is 7.99. The Bertz CT molecular complexity index is 743. The highest BCUT2D eigenvalue weighted by Gasteiger charge is 2.29. The van der Waals surface area contributed by atoms with Crippen molar-refractivity contribution in [2.45, 2.75) is 29.6 Å². The fourth-order valence-corrected chi connectivity index (χ4v) is 2.98. The summed E-state index contributed by atoms with van der Waals surface area (Å²) in [5.41, 5.74) is 2.49. The number of nitrogens with one attached hydrogen (secondary N) is 1. The number of hydrogen-bond acceptors (Lipinski definition) is 3. The molecule has 0 spiro atoms. The first-order valence-corrected chi connectivity index (χ1v) is 8.07. The Kier molecular flexibility index (Phi) is 4.17. The average Bonchev–Trinajstić information content (AvgIpc) is 3.35. The smallest absolute Gasteiger partial charge is 0.227 e. The lowest BCUT2D eigenvalue weighted by Gasteiger charge is -2.08. The third-order valence-electron chi connectivity index (χ3n) is 3.56. The van der Waals surface area contributed by atoms with Crippen molar-refractivity contribution >= 4 is 23.4 Å². The summed E-state index contributed by atoms with van der Waals surface area (Å²) >= 11 is 1.56. The monoisotopic (exact) mass is 308 g/mol. The summed E-state index contributed by atoms with van der Waals surface area (Å²) in [7, 11) is 0. The Hall–Kier alpha value is -2.25. The van der Waals surface area contributed by atoms with Gasteiger partial charge in [0.1, 0.15) is 6.07 Å². The molecule has 2 aromatic rings. The van der Waals surface area contributed by atoms with Gasteiger partial charge in [0.05, 0.1) is 5.56 Å². The van der Waals surface area contributed by atoms with Gasteiger partial charge in [0.15, 0.2) is 0 Å². The van der Waals surface area contributed by atoms with E-state index in [0.717, 1.165) is 22.6 Å². The predicted octanol–water partition coefficient (Wildman–Crippen LogP) is 4.37. The van der Waals surface area contributed by atoms with E-state index >= 15 is 0 Å². The van der Waals surface area contributed by atoms with Gasteiger partial charge in [0.2, 0.25) is 5.91 Å². The molecule has 1 aliphatic carbocycles. The fourth-order valence-electron chi connectivity index (χ4n) is 2.11. The van der Waals surface area contributed by atoms with Crippen molar-refractivity contribution in [3.8, 4) is 6.07 Å². The fraction of sp³-hybridized carbons (Fsp3) is 0.222. The molecule has 3 rings (SSSR count). The summed E-state index contributed by atoms with van der Waals surface area (Å²) in [5, 5.41) is 12.2. The molecule has 0 radical (unpaired) electrons. The zero-order chi connectivity index (χ0) is 15.5. The number of nitriles is 1. The van der Waals surface area contributed by atoms with E-state index in [1.165, 1.54) is 5.56 Å². The van der Waals surface area contributed by atoms with E-state index in [2.05, 4.69) is 23.5 Å². The van der Waals surface area contributed by atoms with Gasteiger partial charge in [-0.15, -0.1) is 0 Å². The molecule has 1 N–H and O–H groups in total. The second kappa shape index (κ2) is 6.25. The first-order valence-electron chi connectivity index (χ1n) is 7.25. The zero-order valence-electron chi connectivity index (χ0n) is 12.3. The molecule has 1 fully saturated rings. The summed E-state index contributed by atoms with van der Waals surface area (Å²) in [5.74, 6) is 0.218. The molecule has 1 amide bonds. The van der Waals surface area contributed by atoms with Gasteiger partial charge in [-0.05, 0) is 50.1 Å². The van der Waals surface area contributed by atoms with E-state index in [4.69, 9.17) is 0 Å². The Morgan fingerprint density at radius 1 is 1.23 bits per heavy atom. The molecule has 0 saturated heterocycles. The van der Waals surface area contributed by atoms with Crippen LogP contribution in [0.4, 0.5) is 5.69 Å². The van der Waals surface area contributed by atoms with E-state index in [9.17, 15) is 10.1 Å². The van der Waals surface area contributed by atoms with E-state index in [-0.39, 0.29) is 11.8 Å². The maximum Gasteiger partial charge on any atom is 0.227 e. The van der Waals surface area contributed by atoms with Crippen molar-refractivity contribution in [1.82, 2.24) is 0 Å². The normalized spacial score (nSPS) is 13.5. The molecule has 0 bridgehead atoms. The van der Waals surface area contributed by atoms with Gasteiger partial charge < -0.3 is 5.32 Å². The number of amides is 1. The van der Waals surface area contributed by atoms with Gasteiger partial charge in [-0.3, -0.25) is 4.79 Å². The van der Waals surface area contributed by atoms with Crippen LogP contribution in [0.2, 0.25) is 0 Å². The highest BCUT2D eigenvalue weighted by Crippen LogP contribution is 2.33. The van der Waals surface area contributed by atoms with Crippen LogP contribution in [-0.2, 0) is 4.79 Å². The summed E-state index contributed by atoms with van der Waals surface area (Å²) in [6, 6.07) is 15.9. The molecule has 22 heavy (non-hydrogen) atoms. The van der Waals surface area contributed by atoms with Crippen LogP contribution in [0.15, 0.2) is 52.3 Å². The summed E-state index contributed by atoms with van der Waals surface area (Å²) in [6.45, 7) is 2.05. The zero-order valence-corrected chi connectivity index (χ0v) is 13.1. The minimum Gasteiger partial charge on any atom is -0.326 e. The lowest BCUT2D eigenvalue weighted by molar-refractivity contribution is -0.117. The van der Waals surface area contributed by atoms with Gasteiger partial charge >= 0.3 is 0 Å². The Morgan fingerprint density at radius 3 is 2.59 bits per heavy atom. The van der Waals surface area contributed by atoms with Crippen molar-refractivity contribution in [2.24, 2.45) is 5.92 Å². The van der Waals surface area contributed by atoms with Crippen molar-refractivity contribution in [3.05, 3.63) is 53.6 Å². The molecule has 110 valence electrons. The molecule has 0 aromatic heterocycles. The molecular weight excluding hydrogens is 292 g/mol. The van der Waals surface area contributed by atoms with E-state index in [0.29, 0.717) is 11.3 Å². The minimum absolute atomic E-state index is 0.0582. The average molecular weight is 308 g/mol. The van der Waals surface area contributed by atoms with Crippen LogP contribution in [0.1, 0.15) is 24.0 Å². The second-order valence-corrected chi connectivity index (χ2v) is 6.62. The molecule has 0 atom stereocenters. The quantitative estimate of drug-likeness (QED) is 0.912. The third-order valence-corrected chi connectivity index (χ3v) is 4.65. The molecule has 0 heterocycles. The van der Waals surface area contributed by atoms with E-state index in [1.54, 1.807) is 17.8 Å². The molecule has 2 aromatic carbocycles. The van der Waals surface area contributed by atoms with Gasteiger partial charge in [0.25, 0.3) is 0 Å². The second-order valence-electron chi connectivity index (χ2n) is 5.50. The molecule has 0 aliphatic heterocycles. The number of aryl methyl sites for hydroxylation is 1. The number of rotatable bonds is 4. The van der Waals surface area contributed by atoms with Crippen LogP contribution in [0.5, 0.6) is 0 Å². The summed E-state index contributed by atoms with van der Waals surface area (Å²) in [4.78, 5) is 13.8. The summed E-state index contributed by atoms with van der Waals surface area (Å²) in [6.07, 6.45) is 1.94. The number of benzene rings is 2. The first-order chi connectivity index (χ1) is 10.7. The predicted molar refractivity (Wildman–Crippen MR) is 87.8 cm³/mol. The van der Waals surface area contributed by atoms with Crippen LogP contribution in [-0.4, -0.2) is 5.91 Å². The van der Waals surface area contributed by atoms with E-state index < -0.39 is 0 Å². The van der Waals surface area contributed by atoms with Crippen molar-refractivity contribution < 1.29 is 4.79 Å². The van der Waals surface area contributed by atoms with Crippen LogP contribution in [0.3, 0.4) is 0 Å². The molecule has 0 unspecified atom stereocenters. The van der Waals surface area contributed by atoms with Crippen LogP contribution < -0.4 is 5.32 Å². The molecule has 1 saturated carbocycles. The lowest BCUT2D eigenvalue weighted by atomic mass is 10.2. The maximum atomic E-state index is 11.8. The largest absolute Gasteiger partial charge is 0.326 e. The van der Waals surface area contributed by atoms with Crippen LogP contribution in [0, 0.1) is 24.2 Å². The summed E-state index contributed by atoms with van der Waals surface area (Å²) < 4.78 is 0. The molecule has 1 aliphatic rings. The van der Waals surface area contributed by atoms with Gasteiger partial charge in [-0.2, -0.15) is 5.26 Å². The van der Waals surface area contributed by atoms with Gasteiger partial charge in [0, 0.05) is 21.4 Å². The van der Waals surface area contributed by atoms with Gasteiger partial charge in [-0.25, -0.2) is 0 Å². The number of anilines is 1. The Labute approximate surface area is 134 Å². The third kappa shape index (κ3) is 3.49. The maximum absolute atomic E-state index is 11.8. The Morgan fingerprint density at radius 2 is 1.95 bits per heavy atom. The van der Waals surface area contributed by atoms with Crippen LogP contribution >= 0.6 is 11.8 Å². The van der Waals surface area contributed by atoms with Crippen molar-refractivity contribution in [1.29, 1.82) is 5.26 Å². The minimum atomic E-state index is 0.0582. The first kappa shape index (κ1) is 14.7. The molecule has 4 heteroatoms. The SMILES string of the molecule is Cc1ccc(Sc2ccc(NC(=O)C3CC3)cc2C#N)cc1. The topological polar surface area (TPSA) is 52.9 Å². The van der Waals surface area contributed by atoms with Crippen molar-refractivity contribution in [2.75, 3.05) is 5.32 Å².